The Labute approximate surface area is 73.1 Å². The van der Waals surface area contributed by atoms with Crippen molar-refractivity contribution in [1.29, 1.82) is 0 Å². The van der Waals surface area contributed by atoms with Crippen LogP contribution in [0.3, 0.4) is 0 Å². The van der Waals surface area contributed by atoms with E-state index in [1.807, 2.05) is 0 Å². The zero-order valence-corrected chi connectivity index (χ0v) is 6.66. The molecule has 3 aliphatic rings. The first-order valence-electron chi connectivity index (χ1n) is 3.99. The van der Waals surface area contributed by atoms with Gasteiger partial charge >= 0.3 is 17.9 Å². The molecule has 0 amide bonds. The minimum atomic E-state index is -1.41. The van der Waals surface area contributed by atoms with Crippen molar-refractivity contribution in [1.82, 2.24) is 5.32 Å². The molecule has 1 N–H and O–H groups in total. The third kappa shape index (κ3) is 0.627. The molecule has 0 aliphatic carbocycles. The van der Waals surface area contributed by atoms with E-state index in [0.29, 0.717) is 19.7 Å². The van der Waals surface area contributed by atoms with Gasteiger partial charge in [0.25, 0.3) is 0 Å². The molecule has 6 nitrogen and oxygen atoms in total. The van der Waals surface area contributed by atoms with Gasteiger partial charge in [-0.25, -0.2) is 9.59 Å². The average molecular weight is 185 g/mol. The molecule has 3 rings (SSSR count). The van der Waals surface area contributed by atoms with Gasteiger partial charge in [-0.2, -0.15) is 0 Å². The fourth-order valence-corrected chi connectivity index (χ4v) is 1.76. The number of fused-ring (bicyclic) bond motifs is 1. The van der Waals surface area contributed by atoms with E-state index in [0.717, 1.165) is 0 Å². The topological polar surface area (TPSA) is 73.9 Å². The second kappa shape index (κ2) is 1.85. The number of carbonyl (C=O) groups is 2. The van der Waals surface area contributed by atoms with Gasteiger partial charge in [-0.3, -0.25) is 0 Å². The van der Waals surface area contributed by atoms with Gasteiger partial charge in [0, 0.05) is 13.1 Å². The van der Waals surface area contributed by atoms with Gasteiger partial charge in [0.05, 0.1) is 6.61 Å². The zero-order valence-electron chi connectivity index (χ0n) is 6.66. The van der Waals surface area contributed by atoms with Crippen molar-refractivity contribution in [3.63, 3.8) is 0 Å². The van der Waals surface area contributed by atoms with Crippen LogP contribution < -0.4 is 5.32 Å². The molecule has 3 fully saturated rings. The number of esters is 2. The van der Waals surface area contributed by atoms with Crippen molar-refractivity contribution in [3.05, 3.63) is 0 Å². The molecule has 0 aromatic heterocycles. The highest BCUT2D eigenvalue weighted by Crippen LogP contribution is 2.51. The minimum absolute atomic E-state index is 0.338. The highest BCUT2D eigenvalue weighted by atomic mass is 16.9. The maximum Gasteiger partial charge on any atom is 0.422 e. The van der Waals surface area contributed by atoms with Crippen LogP contribution in [0, 0.1) is 5.41 Å². The number of nitrogens with one attached hydrogen (secondary N) is 1. The van der Waals surface area contributed by atoms with E-state index >= 15 is 0 Å². The van der Waals surface area contributed by atoms with E-state index in [4.69, 9.17) is 14.2 Å². The Morgan fingerprint density at radius 1 is 1.15 bits per heavy atom. The summed E-state index contributed by atoms with van der Waals surface area (Å²) >= 11 is 0. The van der Waals surface area contributed by atoms with Crippen molar-refractivity contribution < 1.29 is 23.8 Å². The molecular formula is C7H7NO5. The van der Waals surface area contributed by atoms with Crippen LogP contribution >= 0.6 is 0 Å². The Balaban J connectivity index is 1.91. The highest BCUT2D eigenvalue weighted by molar-refractivity contribution is 6.31. The second-order valence-electron chi connectivity index (χ2n) is 3.51. The molecule has 3 aliphatic heterocycles. The van der Waals surface area contributed by atoms with E-state index in [-0.39, 0.29) is 5.41 Å². The van der Waals surface area contributed by atoms with Crippen molar-refractivity contribution >= 4 is 11.9 Å². The molecule has 0 aromatic carbocycles. The molecule has 6 heteroatoms. The van der Waals surface area contributed by atoms with Gasteiger partial charge in [0.15, 0.2) is 0 Å². The van der Waals surface area contributed by atoms with Crippen LogP contribution in [-0.4, -0.2) is 37.6 Å². The average Bonchev–Trinajstić information content (AvgIpc) is 2.26. The number of carbonyl (C=O) groups excluding carboxylic acids is 2. The van der Waals surface area contributed by atoms with Crippen LogP contribution in [0.2, 0.25) is 0 Å². The third-order valence-electron chi connectivity index (χ3n) is 2.74. The Morgan fingerprint density at radius 2 is 1.77 bits per heavy atom. The SMILES string of the molecule is O=C1OC2(OCC23CNC3)OC1=O. The standard InChI is InChI=1S/C7H7NO5/c9-4-5(10)13-7(12-4)6(3-11-7)1-8-2-6/h8H,1-3H2. The summed E-state index contributed by atoms with van der Waals surface area (Å²) in [6.45, 7) is 1.75. The summed E-state index contributed by atoms with van der Waals surface area (Å²) in [5, 5.41) is 3.02. The summed E-state index contributed by atoms with van der Waals surface area (Å²) in [4.78, 5) is 21.6. The fourth-order valence-electron chi connectivity index (χ4n) is 1.76. The Kier molecular flexibility index (Phi) is 1.04. The van der Waals surface area contributed by atoms with E-state index < -0.39 is 17.9 Å². The summed E-state index contributed by atoms with van der Waals surface area (Å²) in [6, 6.07) is 0. The summed E-state index contributed by atoms with van der Waals surface area (Å²) in [5.41, 5.74) is -0.338. The molecule has 0 bridgehead atoms. The Morgan fingerprint density at radius 3 is 2.08 bits per heavy atom. The van der Waals surface area contributed by atoms with Crippen molar-refractivity contribution in [3.8, 4) is 0 Å². The number of hydrogen-bond donors (Lipinski definition) is 1. The van der Waals surface area contributed by atoms with Crippen LogP contribution in [0.5, 0.6) is 0 Å². The predicted octanol–water partition coefficient (Wildman–Crippen LogP) is -1.64. The van der Waals surface area contributed by atoms with Gasteiger partial charge in [-0.15, -0.1) is 0 Å². The summed E-state index contributed by atoms with van der Waals surface area (Å²) in [6.07, 6.45) is 0. The van der Waals surface area contributed by atoms with Crippen LogP contribution in [0.25, 0.3) is 0 Å². The lowest BCUT2D eigenvalue weighted by Crippen LogP contribution is -2.77. The number of hydrogen-bond acceptors (Lipinski definition) is 6. The quantitative estimate of drug-likeness (QED) is 0.360. The van der Waals surface area contributed by atoms with Gasteiger partial charge in [-0.1, -0.05) is 0 Å². The number of ether oxygens (including phenoxy) is 3. The summed E-state index contributed by atoms with van der Waals surface area (Å²) in [5.74, 6) is -3.34. The van der Waals surface area contributed by atoms with Crippen LogP contribution in [0.15, 0.2) is 0 Å². The first kappa shape index (κ1) is 7.28. The lowest BCUT2D eigenvalue weighted by molar-refractivity contribution is -0.463. The van der Waals surface area contributed by atoms with Gasteiger partial charge < -0.3 is 19.5 Å². The first-order chi connectivity index (χ1) is 6.18. The normalized spacial score (nSPS) is 32.3. The van der Waals surface area contributed by atoms with Crippen molar-refractivity contribution in [2.45, 2.75) is 5.97 Å². The van der Waals surface area contributed by atoms with Gasteiger partial charge in [-0.05, 0) is 0 Å². The zero-order chi connectivity index (χ0) is 9.10. The fraction of sp³-hybridized carbons (Fsp3) is 0.714. The lowest BCUT2D eigenvalue weighted by atomic mass is 9.75. The maximum absolute atomic E-state index is 10.8. The van der Waals surface area contributed by atoms with E-state index in [9.17, 15) is 9.59 Å². The lowest BCUT2D eigenvalue weighted by Gasteiger charge is -2.56. The Hall–Kier alpha value is -1.14. The van der Waals surface area contributed by atoms with Crippen LogP contribution in [0.1, 0.15) is 0 Å². The molecule has 0 unspecified atom stereocenters. The molecule has 3 heterocycles. The molecule has 0 saturated carbocycles. The van der Waals surface area contributed by atoms with Crippen molar-refractivity contribution in [2.24, 2.45) is 5.41 Å². The molecule has 0 atom stereocenters. The first-order valence-corrected chi connectivity index (χ1v) is 3.99. The smallest absolute Gasteiger partial charge is 0.389 e. The molecular weight excluding hydrogens is 178 g/mol. The van der Waals surface area contributed by atoms with E-state index in [2.05, 4.69) is 5.32 Å². The summed E-state index contributed by atoms with van der Waals surface area (Å²) < 4.78 is 14.6. The second-order valence-corrected chi connectivity index (χ2v) is 3.51. The van der Waals surface area contributed by atoms with Gasteiger partial charge in [0.2, 0.25) is 0 Å². The van der Waals surface area contributed by atoms with E-state index in [1.165, 1.54) is 0 Å². The molecule has 2 spiro atoms. The molecule has 0 aromatic rings. The minimum Gasteiger partial charge on any atom is -0.389 e. The molecule has 70 valence electrons. The third-order valence-corrected chi connectivity index (χ3v) is 2.74. The van der Waals surface area contributed by atoms with Gasteiger partial charge in [0.1, 0.15) is 5.41 Å². The largest absolute Gasteiger partial charge is 0.422 e. The highest BCUT2D eigenvalue weighted by Gasteiger charge is 2.74. The molecule has 0 radical (unpaired) electrons. The number of rotatable bonds is 0. The molecule has 13 heavy (non-hydrogen) atoms. The molecule has 3 saturated heterocycles. The Bertz CT molecular complexity index is 286. The summed E-state index contributed by atoms with van der Waals surface area (Å²) in [7, 11) is 0. The van der Waals surface area contributed by atoms with Crippen LogP contribution in [-0.2, 0) is 23.8 Å². The predicted molar refractivity (Wildman–Crippen MR) is 36.2 cm³/mol. The maximum atomic E-state index is 10.8. The van der Waals surface area contributed by atoms with Crippen molar-refractivity contribution in [2.75, 3.05) is 19.7 Å². The monoisotopic (exact) mass is 185 g/mol. The van der Waals surface area contributed by atoms with E-state index in [1.54, 1.807) is 0 Å². The van der Waals surface area contributed by atoms with Crippen LogP contribution in [0.4, 0.5) is 0 Å².